The first-order valence-corrected chi connectivity index (χ1v) is 6.27. The van der Waals surface area contributed by atoms with Crippen LogP contribution in [0, 0.1) is 0 Å². The Morgan fingerprint density at radius 2 is 2.17 bits per heavy atom. The largest absolute Gasteiger partial charge is 0.486 e. The monoisotopic (exact) mass is 303 g/mol. The molecule has 3 heterocycles. The second-order valence-corrected chi connectivity index (χ2v) is 4.62. The van der Waals surface area contributed by atoms with Gasteiger partial charge in [0.05, 0.1) is 11.9 Å². The van der Waals surface area contributed by atoms with E-state index in [-0.39, 0.29) is 0 Å². The Labute approximate surface area is 112 Å². The van der Waals surface area contributed by atoms with E-state index < -0.39 is 0 Å². The highest BCUT2D eigenvalue weighted by Crippen LogP contribution is 2.14. The molecular formula is C13H10BrN3O. The van der Waals surface area contributed by atoms with Crippen LogP contribution in [0.3, 0.4) is 0 Å². The third-order valence-electron chi connectivity index (χ3n) is 2.50. The highest BCUT2D eigenvalue weighted by molar-refractivity contribution is 9.10. The van der Waals surface area contributed by atoms with E-state index in [1.807, 2.05) is 47.1 Å². The van der Waals surface area contributed by atoms with Gasteiger partial charge in [-0.1, -0.05) is 6.07 Å². The Balaban J connectivity index is 1.74. The molecule has 0 aromatic carbocycles. The zero-order valence-electron chi connectivity index (χ0n) is 9.45. The lowest BCUT2D eigenvalue weighted by Crippen LogP contribution is -1.95. The third kappa shape index (κ3) is 2.36. The molecule has 5 heteroatoms. The van der Waals surface area contributed by atoms with Crippen LogP contribution in [0.4, 0.5) is 0 Å². The van der Waals surface area contributed by atoms with Gasteiger partial charge in [-0.2, -0.15) is 0 Å². The molecule has 0 aliphatic carbocycles. The van der Waals surface area contributed by atoms with Crippen molar-refractivity contribution in [2.24, 2.45) is 0 Å². The predicted octanol–water partition coefficient (Wildman–Crippen LogP) is 3.07. The maximum Gasteiger partial charge on any atom is 0.138 e. The minimum Gasteiger partial charge on any atom is -0.486 e. The van der Waals surface area contributed by atoms with Crippen LogP contribution in [0.1, 0.15) is 5.69 Å². The van der Waals surface area contributed by atoms with Gasteiger partial charge >= 0.3 is 0 Å². The van der Waals surface area contributed by atoms with Crippen molar-refractivity contribution < 1.29 is 4.74 Å². The molecule has 0 saturated carbocycles. The number of ether oxygens (including phenoxy) is 1. The Bertz CT molecular complexity index is 630. The fraction of sp³-hybridized carbons (Fsp3) is 0.0769. The number of fused-ring (bicyclic) bond motifs is 1. The van der Waals surface area contributed by atoms with Crippen LogP contribution >= 0.6 is 15.9 Å². The van der Waals surface area contributed by atoms with Gasteiger partial charge in [0.25, 0.3) is 0 Å². The Morgan fingerprint density at radius 3 is 2.94 bits per heavy atom. The summed E-state index contributed by atoms with van der Waals surface area (Å²) >= 11 is 3.28. The standard InChI is InChI=1S/C13H10BrN3O/c14-12-5-4-11(7-15-12)18-9-10-8-17-6-2-1-3-13(17)16-10/h1-8H,9H2. The highest BCUT2D eigenvalue weighted by atomic mass is 79.9. The summed E-state index contributed by atoms with van der Waals surface area (Å²) in [4.78, 5) is 8.55. The summed E-state index contributed by atoms with van der Waals surface area (Å²) in [6.07, 6.45) is 5.61. The minimum atomic E-state index is 0.436. The van der Waals surface area contributed by atoms with Gasteiger partial charge in [-0.3, -0.25) is 0 Å². The molecule has 0 amide bonds. The van der Waals surface area contributed by atoms with E-state index in [4.69, 9.17) is 4.74 Å². The van der Waals surface area contributed by atoms with E-state index in [0.29, 0.717) is 6.61 Å². The first-order valence-electron chi connectivity index (χ1n) is 5.48. The normalized spacial score (nSPS) is 10.7. The summed E-state index contributed by atoms with van der Waals surface area (Å²) in [5.41, 5.74) is 1.81. The lowest BCUT2D eigenvalue weighted by molar-refractivity contribution is 0.301. The highest BCUT2D eigenvalue weighted by Gasteiger charge is 2.02. The number of aromatic nitrogens is 3. The van der Waals surface area contributed by atoms with Gasteiger partial charge in [0, 0.05) is 12.4 Å². The molecule has 3 aromatic heterocycles. The molecule has 0 spiro atoms. The van der Waals surface area contributed by atoms with Crippen molar-refractivity contribution in [1.29, 1.82) is 0 Å². The number of rotatable bonds is 3. The van der Waals surface area contributed by atoms with E-state index >= 15 is 0 Å². The summed E-state index contributed by atoms with van der Waals surface area (Å²) in [5.74, 6) is 0.732. The van der Waals surface area contributed by atoms with E-state index in [9.17, 15) is 0 Å². The van der Waals surface area contributed by atoms with Crippen LogP contribution < -0.4 is 4.74 Å². The molecule has 0 unspecified atom stereocenters. The van der Waals surface area contributed by atoms with E-state index in [1.54, 1.807) is 6.20 Å². The van der Waals surface area contributed by atoms with Crippen molar-refractivity contribution in [2.45, 2.75) is 6.61 Å². The van der Waals surface area contributed by atoms with Gasteiger partial charge in [0.2, 0.25) is 0 Å². The fourth-order valence-corrected chi connectivity index (χ4v) is 1.90. The van der Waals surface area contributed by atoms with Crippen molar-refractivity contribution in [3.63, 3.8) is 0 Å². The van der Waals surface area contributed by atoms with E-state index in [1.165, 1.54) is 0 Å². The van der Waals surface area contributed by atoms with Gasteiger partial charge in [-0.25, -0.2) is 9.97 Å². The number of hydrogen-bond donors (Lipinski definition) is 0. The fourth-order valence-electron chi connectivity index (χ4n) is 1.66. The average Bonchev–Trinajstić information content (AvgIpc) is 2.81. The maximum absolute atomic E-state index is 5.62. The second-order valence-electron chi connectivity index (χ2n) is 3.80. The van der Waals surface area contributed by atoms with Gasteiger partial charge in [0.1, 0.15) is 22.6 Å². The molecule has 0 fully saturated rings. The number of imidazole rings is 1. The topological polar surface area (TPSA) is 39.4 Å². The van der Waals surface area contributed by atoms with Crippen LogP contribution in [0.5, 0.6) is 5.75 Å². The first-order chi connectivity index (χ1) is 8.81. The lowest BCUT2D eigenvalue weighted by atomic mass is 10.4. The van der Waals surface area contributed by atoms with E-state index in [2.05, 4.69) is 25.9 Å². The van der Waals surface area contributed by atoms with Crippen molar-refractivity contribution in [3.8, 4) is 5.75 Å². The molecule has 4 nitrogen and oxygen atoms in total. The van der Waals surface area contributed by atoms with Crippen molar-refractivity contribution in [3.05, 3.63) is 59.2 Å². The Hall–Kier alpha value is -1.88. The van der Waals surface area contributed by atoms with Crippen LogP contribution in [-0.2, 0) is 6.61 Å². The molecule has 3 aromatic rings. The predicted molar refractivity (Wildman–Crippen MR) is 71.5 cm³/mol. The Morgan fingerprint density at radius 1 is 1.22 bits per heavy atom. The van der Waals surface area contributed by atoms with Gasteiger partial charge in [0.15, 0.2) is 0 Å². The van der Waals surface area contributed by atoms with Crippen molar-refractivity contribution in [1.82, 2.24) is 14.4 Å². The maximum atomic E-state index is 5.62. The zero-order chi connectivity index (χ0) is 12.4. The smallest absolute Gasteiger partial charge is 0.138 e. The molecule has 0 N–H and O–H groups in total. The van der Waals surface area contributed by atoms with Crippen LogP contribution in [-0.4, -0.2) is 14.4 Å². The summed E-state index contributed by atoms with van der Waals surface area (Å²) in [5, 5.41) is 0. The first kappa shape index (κ1) is 11.2. The molecule has 0 saturated heterocycles. The summed E-state index contributed by atoms with van der Waals surface area (Å²) in [7, 11) is 0. The zero-order valence-corrected chi connectivity index (χ0v) is 11.0. The quantitative estimate of drug-likeness (QED) is 0.698. The summed E-state index contributed by atoms with van der Waals surface area (Å²) < 4.78 is 8.38. The SMILES string of the molecule is Brc1ccc(OCc2cn3ccccc3n2)cn1. The molecule has 0 atom stereocenters. The molecule has 90 valence electrons. The second kappa shape index (κ2) is 4.78. The van der Waals surface area contributed by atoms with Crippen LogP contribution in [0.15, 0.2) is 53.5 Å². The van der Waals surface area contributed by atoms with Crippen LogP contribution in [0.2, 0.25) is 0 Å². The number of nitrogens with zero attached hydrogens (tertiary/aromatic N) is 3. The average molecular weight is 304 g/mol. The number of hydrogen-bond acceptors (Lipinski definition) is 3. The summed E-state index contributed by atoms with van der Waals surface area (Å²) in [6.45, 7) is 0.436. The van der Waals surface area contributed by atoms with Crippen LogP contribution in [0.25, 0.3) is 5.65 Å². The van der Waals surface area contributed by atoms with Gasteiger partial charge < -0.3 is 9.14 Å². The van der Waals surface area contributed by atoms with Crippen molar-refractivity contribution in [2.75, 3.05) is 0 Å². The van der Waals surface area contributed by atoms with E-state index in [0.717, 1.165) is 21.7 Å². The Kier molecular flexibility index (Phi) is 2.98. The third-order valence-corrected chi connectivity index (χ3v) is 2.97. The minimum absolute atomic E-state index is 0.436. The molecule has 0 bridgehead atoms. The molecule has 0 radical (unpaired) electrons. The number of halogens is 1. The van der Waals surface area contributed by atoms with Crippen molar-refractivity contribution >= 4 is 21.6 Å². The molecule has 3 rings (SSSR count). The number of pyridine rings is 2. The lowest BCUT2D eigenvalue weighted by Gasteiger charge is -2.02. The molecule has 0 aliphatic rings. The van der Waals surface area contributed by atoms with Gasteiger partial charge in [-0.05, 0) is 40.2 Å². The molecule has 18 heavy (non-hydrogen) atoms. The summed E-state index contributed by atoms with van der Waals surface area (Å²) in [6, 6.07) is 9.61. The van der Waals surface area contributed by atoms with Gasteiger partial charge in [-0.15, -0.1) is 0 Å². The molecule has 0 aliphatic heterocycles. The molecular weight excluding hydrogens is 294 g/mol.